The molecule has 0 bridgehead atoms. The standard InChI is InChI=1S/C17H32/c1-8-11-14(4)16(13-10-3)17(6,7)15(5)12-9-2/h14-16H,8,10-11,13H2,1-7H3. The van der Waals surface area contributed by atoms with Gasteiger partial charge < -0.3 is 0 Å². The van der Waals surface area contributed by atoms with E-state index in [1.807, 2.05) is 6.92 Å². The second-order valence-electron chi connectivity index (χ2n) is 6.10. The zero-order valence-electron chi connectivity index (χ0n) is 13.1. The van der Waals surface area contributed by atoms with E-state index in [4.69, 9.17) is 0 Å². The van der Waals surface area contributed by atoms with Crippen LogP contribution in [0.4, 0.5) is 0 Å². The Labute approximate surface area is 110 Å². The fourth-order valence-electron chi connectivity index (χ4n) is 3.08. The second-order valence-corrected chi connectivity index (χ2v) is 6.10. The molecule has 0 nitrogen and oxygen atoms in total. The van der Waals surface area contributed by atoms with Crippen LogP contribution in [0.15, 0.2) is 0 Å². The van der Waals surface area contributed by atoms with Crippen LogP contribution in [-0.2, 0) is 0 Å². The Bertz CT molecular complexity index is 251. The Hall–Kier alpha value is -0.440. The average Bonchev–Trinajstić information content (AvgIpc) is 2.26. The molecule has 0 amide bonds. The fraction of sp³-hybridized carbons (Fsp3) is 0.882. The van der Waals surface area contributed by atoms with E-state index in [-0.39, 0.29) is 0 Å². The van der Waals surface area contributed by atoms with Gasteiger partial charge in [0, 0.05) is 5.92 Å². The first kappa shape index (κ1) is 16.6. The quantitative estimate of drug-likeness (QED) is 0.510. The van der Waals surface area contributed by atoms with E-state index in [1.54, 1.807) is 0 Å². The minimum atomic E-state index is 0.327. The number of rotatable bonds is 7. The molecule has 3 unspecified atom stereocenters. The molecule has 0 spiro atoms. The van der Waals surface area contributed by atoms with Crippen molar-refractivity contribution in [1.82, 2.24) is 0 Å². The molecule has 0 N–H and O–H groups in total. The molecule has 0 rings (SSSR count). The summed E-state index contributed by atoms with van der Waals surface area (Å²) in [5.41, 5.74) is 0.327. The van der Waals surface area contributed by atoms with E-state index in [1.165, 1.54) is 25.7 Å². The molecular weight excluding hydrogens is 204 g/mol. The summed E-state index contributed by atoms with van der Waals surface area (Å²) in [6.45, 7) is 16.1. The van der Waals surface area contributed by atoms with E-state index in [0.717, 1.165) is 11.8 Å². The van der Waals surface area contributed by atoms with Gasteiger partial charge in [-0.15, -0.1) is 5.92 Å². The van der Waals surface area contributed by atoms with Crippen molar-refractivity contribution in [2.75, 3.05) is 0 Å². The zero-order valence-corrected chi connectivity index (χ0v) is 13.1. The lowest BCUT2D eigenvalue weighted by Gasteiger charge is -2.41. The topological polar surface area (TPSA) is 0 Å². The van der Waals surface area contributed by atoms with Crippen molar-refractivity contribution in [2.45, 2.75) is 74.1 Å². The lowest BCUT2D eigenvalue weighted by atomic mass is 9.63. The van der Waals surface area contributed by atoms with Crippen LogP contribution in [0.5, 0.6) is 0 Å². The molecule has 0 saturated carbocycles. The van der Waals surface area contributed by atoms with Gasteiger partial charge in [0.1, 0.15) is 0 Å². The lowest BCUT2D eigenvalue weighted by Crippen LogP contribution is -2.34. The second kappa shape index (κ2) is 7.80. The van der Waals surface area contributed by atoms with Crippen LogP contribution >= 0.6 is 0 Å². The molecule has 17 heavy (non-hydrogen) atoms. The zero-order chi connectivity index (χ0) is 13.5. The number of hydrogen-bond donors (Lipinski definition) is 0. The molecular formula is C17H32. The van der Waals surface area contributed by atoms with Gasteiger partial charge in [0.05, 0.1) is 0 Å². The van der Waals surface area contributed by atoms with E-state index in [2.05, 4.69) is 53.4 Å². The summed E-state index contributed by atoms with van der Waals surface area (Å²) < 4.78 is 0. The summed E-state index contributed by atoms with van der Waals surface area (Å²) in [6, 6.07) is 0. The molecule has 0 heterocycles. The first-order valence-corrected chi connectivity index (χ1v) is 7.33. The molecule has 0 aliphatic carbocycles. The van der Waals surface area contributed by atoms with Crippen LogP contribution in [0.3, 0.4) is 0 Å². The van der Waals surface area contributed by atoms with Gasteiger partial charge in [0.15, 0.2) is 0 Å². The summed E-state index contributed by atoms with van der Waals surface area (Å²) >= 11 is 0. The van der Waals surface area contributed by atoms with Crippen molar-refractivity contribution in [3.63, 3.8) is 0 Å². The summed E-state index contributed by atoms with van der Waals surface area (Å²) in [5.74, 6) is 8.56. The molecule has 0 aromatic heterocycles. The van der Waals surface area contributed by atoms with Crippen LogP contribution in [0, 0.1) is 35.0 Å². The van der Waals surface area contributed by atoms with Gasteiger partial charge in [-0.3, -0.25) is 0 Å². The Balaban J connectivity index is 4.92. The molecule has 0 aromatic rings. The molecule has 3 atom stereocenters. The average molecular weight is 236 g/mol. The Morgan fingerprint density at radius 3 is 1.94 bits per heavy atom. The van der Waals surface area contributed by atoms with Gasteiger partial charge in [-0.1, -0.05) is 66.7 Å². The lowest BCUT2D eigenvalue weighted by molar-refractivity contribution is 0.0940. The van der Waals surface area contributed by atoms with Crippen LogP contribution in [0.25, 0.3) is 0 Å². The summed E-state index contributed by atoms with van der Waals surface area (Å²) in [7, 11) is 0. The van der Waals surface area contributed by atoms with Gasteiger partial charge in [-0.2, -0.15) is 0 Å². The first-order valence-electron chi connectivity index (χ1n) is 7.33. The maximum absolute atomic E-state index is 3.37. The smallest absolute Gasteiger partial charge is 0.0228 e. The van der Waals surface area contributed by atoms with E-state index in [9.17, 15) is 0 Å². The minimum absolute atomic E-state index is 0.327. The molecule has 0 aromatic carbocycles. The first-order chi connectivity index (χ1) is 7.91. The van der Waals surface area contributed by atoms with Crippen molar-refractivity contribution in [3.05, 3.63) is 0 Å². The Morgan fingerprint density at radius 2 is 1.53 bits per heavy atom. The predicted octanol–water partition coefficient (Wildman–Crippen LogP) is 5.52. The molecule has 0 saturated heterocycles. The van der Waals surface area contributed by atoms with Crippen molar-refractivity contribution in [1.29, 1.82) is 0 Å². The van der Waals surface area contributed by atoms with Gasteiger partial charge >= 0.3 is 0 Å². The summed E-state index contributed by atoms with van der Waals surface area (Å²) in [6.07, 6.45) is 5.27. The number of hydrogen-bond acceptors (Lipinski definition) is 0. The van der Waals surface area contributed by atoms with Gasteiger partial charge in [0.25, 0.3) is 0 Å². The fourth-order valence-corrected chi connectivity index (χ4v) is 3.08. The van der Waals surface area contributed by atoms with E-state index in [0.29, 0.717) is 11.3 Å². The Kier molecular flexibility index (Phi) is 7.60. The molecule has 0 heteroatoms. The Morgan fingerprint density at radius 1 is 1.00 bits per heavy atom. The summed E-state index contributed by atoms with van der Waals surface area (Å²) in [5, 5.41) is 0. The van der Waals surface area contributed by atoms with Crippen molar-refractivity contribution in [2.24, 2.45) is 23.2 Å². The highest BCUT2D eigenvalue weighted by molar-refractivity contribution is 5.05. The van der Waals surface area contributed by atoms with Crippen LogP contribution in [0.2, 0.25) is 0 Å². The third-order valence-corrected chi connectivity index (χ3v) is 4.46. The highest BCUT2D eigenvalue weighted by Gasteiger charge is 2.36. The van der Waals surface area contributed by atoms with E-state index >= 15 is 0 Å². The normalized spacial score (nSPS) is 16.9. The van der Waals surface area contributed by atoms with Gasteiger partial charge in [-0.25, -0.2) is 0 Å². The molecule has 0 fully saturated rings. The third kappa shape index (κ3) is 4.74. The van der Waals surface area contributed by atoms with Crippen molar-refractivity contribution >= 4 is 0 Å². The molecule has 0 aliphatic heterocycles. The largest absolute Gasteiger partial charge is 0.106 e. The highest BCUT2D eigenvalue weighted by atomic mass is 14.4. The van der Waals surface area contributed by atoms with Crippen LogP contribution in [0.1, 0.15) is 74.1 Å². The van der Waals surface area contributed by atoms with Crippen molar-refractivity contribution in [3.8, 4) is 11.8 Å². The predicted molar refractivity (Wildman–Crippen MR) is 78.9 cm³/mol. The maximum Gasteiger partial charge on any atom is 0.0228 e. The molecule has 0 aliphatic rings. The van der Waals surface area contributed by atoms with Gasteiger partial charge in [-0.05, 0) is 30.6 Å². The van der Waals surface area contributed by atoms with Crippen LogP contribution < -0.4 is 0 Å². The van der Waals surface area contributed by atoms with E-state index < -0.39 is 0 Å². The highest BCUT2D eigenvalue weighted by Crippen LogP contribution is 2.43. The summed E-state index contributed by atoms with van der Waals surface area (Å²) in [4.78, 5) is 0. The van der Waals surface area contributed by atoms with Gasteiger partial charge in [0.2, 0.25) is 0 Å². The minimum Gasteiger partial charge on any atom is -0.106 e. The van der Waals surface area contributed by atoms with Crippen LogP contribution in [-0.4, -0.2) is 0 Å². The monoisotopic (exact) mass is 236 g/mol. The van der Waals surface area contributed by atoms with Crippen molar-refractivity contribution < 1.29 is 0 Å². The maximum atomic E-state index is 3.37. The SMILES string of the molecule is CC#CC(C)C(C)(C)C(CCC)C(C)CCC. The molecule has 0 radical (unpaired) electrons. The third-order valence-electron chi connectivity index (χ3n) is 4.46. The molecule has 100 valence electrons.